The molecule has 2 aliphatic rings. The van der Waals surface area contributed by atoms with Gasteiger partial charge in [0, 0.05) is 13.1 Å². The normalized spacial score (nSPS) is 26.6. The molecule has 0 spiro atoms. The third-order valence-electron chi connectivity index (χ3n) is 4.49. The van der Waals surface area contributed by atoms with Crippen molar-refractivity contribution in [2.45, 2.75) is 32.4 Å². The molecule has 0 bridgehead atoms. The summed E-state index contributed by atoms with van der Waals surface area (Å²) in [5.41, 5.74) is 2.44. The van der Waals surface area contributed by atoms with Crippen LogP contribution in [-0.4, -0.2) is 36.7 Å². The maximum absolute atomic E-state index is 12.0. The number of hydrogen-bond acceptors (Lipinski definition) is 3. The molecule has 2 atom stereocenters. The third kappa shape index (κ3) is 2.66. The van der Waals surface area contributed by atoms with Crippen molar-refractivity contribution < 1.29 is 9.53 Å². The molecular weight excluding hydrogens is 252 g/mol. The number of cyclic esters (lactones) is 1. The Bertz CT molecular complexity index is 483. The predicted octanol–water partition coefficient (Wildman–Crippen LogP) is 2.32. The van der Waals surface area contributed by atoms with Gasteiger partial charge in [-0.2, -0.15) is 0 Å². The van der Waals surface area contributed by atoms with Crippen LogP contribution in [-0.2, 0) is 11.3 Å². The number of piperidine rings is 1. The van der Waals surface area contributed by atoms with E-state index < -0.39 is 0 Å². The molecule has 20 heavy (non-hydrogen) atoms. The first-order valence-electron chi connectivity index (χ1n) is 7.44. The highest BCUT2D eigenvalue weighted by Gasteiger charge is 2.38. The number of carbonyl (C=O) groups excluding carboxylic acids is 1. The Balaban J connectivity index is 1.75. The fourth-order valence-electron chi connectivity index (χ4n) is 3.22. The molecule has 0 saturated carbocycles. The van der Waals surface area contributed by atoms with Crippen molar-refractivity contribution in [2.24, 2.45) is 5.92 Å². The minimum Gasteiger partial charge on any atom is -0.447 e. The largest absolute Gasteiger partial charge is 0.447 e. The predicted molar refractivity (Wildman–Crippen MR) is 77.5 cm³/mol. The van der Waals surface area contributed by atoms with Crippen LogP contribution in [0.3, 0.4) is 0 Å². The van der Waals surface area contributed by atoms with Crippen LogP contribution in [0.2, 0.25) is 0 Å². The van der Waals surface area contributed by atoms with Crippen LogP contribution < -0.4 is 5.32 Å². The second-order valence-electron chi connectivity index (χ2n) is 5.81. The van der Waals surface area contributed by atoms with Gasteiger partial charge in [0.05, 0.1) is 6.04 Å². The van der Waals surface area contributed by atoms with E-state index in [9.17, 15) is 4.79 Å². The minimum absolute atomic E-state index is 0.163. The summed E-state index contributed by atoms with van der Waals surface area (Å²) in [4.78, 5) is 13.9. The Morgan fingerprint density at radius 3 is 3.00 bits per heavy atom. The highest BCUT2D eigenvalue weighted by molar-refractivity contribution is 5.70. The van der Waals surface area contributed by atoms with Crippen LogP contribution in [0, 0.1) is 12.8 Å². The average Bonchev–Trinajstić information content (AvgIpc) is 2.84. The SMILES string of the molecule is Cc1ccccc1CN1C(=O)OCC1C1CCCNC1. The molecule has 2 fully saturated rings. The number of rotatable bonds is 3. The van der Waals surface area contributed by atoms with Gasteiger partial charge in [0.2, 0.25) is 0 Å². The van der Waals surface area contributed by atoms with Crippen molar-refractivity contribution in [3.63, 3.8) is 0 Å². The summed E-state index contributed by atoms with van der Waals surface area (Å²) < 4.78 is 5.30. The third-order valence-corrected chi connectivity index (χ3v) is 4.49. The van der Waals surface area contributed by atoms with Gasteiger partial charge in [0.15, 0.2) is 0 Å². The van der Waals surface area contributed by atoms with Gasteiger partial charge in [-0.25, -0.2) is 4.79 Å². The van der Waals surface area contributed by atoms with Gasteiger partial charge in [0.25, 0.3) is 0 Å². The molecule has 108 valence electrons. The van der Waals surface area contributed by atoms with Crippen LogP contribution in [0.5, 0.6) is 0 Å². The lowest BCUT2D eigenvalue weighted by Gasteiger charge is -2.32. The maximum atomic E-state index is 12.0. The van der Waals surface area contributed by atoms with Crippen molar-refractivity contribution in [1.82, 2.24) is 10.2 Å². The number of amides is 1. The summed E-state index contributed by atoms with van der Waals surface area (Å²) in [6.07, 6.45) is 2.20. The Kier molecular flexibility index (Phi) is 3.92. The number of ether oxygens (including phenoxy) is 1. The Labute approximate surface area is 120 Å². The Hall–Kier alpha value is -1.55. The van der Waals surface area contributed by atoms with Crippen LogP contribution in [0.1, 0.15) is 24.0 Å². The standard InChI is InChI=1S/C16H22N2O2/c1-12-5-2-3-6-14(12)10-18-15(11-20-16(18)19)13-7-4-8-17-9-13/h2-3,5-6,13,15,17H,4,7-11H2,1H3. The fraction of sp³-hybridized carbons (Fsp3) is 0.562. The molecule has 4 heteroatoms. The molecule has 2 aliphatic heterocycles. The molecule has 1 aromatic rings. The molecule has 3 rings (SSSR count). The maximum Gasteiger partial charge on any atom is 0.410 e. The molecule has 1 aromatic carbocycles. The number of nitrogens with zero attached hydrogens (tertiary/aromatic N) is 1. The van der Waals surface area contributed by atoms with Crippen LogP contribution in [0.25, 0.3) is 0 Å². The molecular formula is C16H22N2O2. The number of benzene rings is 1. The van der Waals surface area contributed by atoms with Crippen molar-refractivity contribution in [2.75, 3.05) is 19.7 Å². The lowest BCUT2D eigenvalue weighted by molar-refractivity contribution is 0.152. The Morgan fingerprint density at radius 2 is 2.25 bits per heavy atom. The first-order chi connectivity index (χ1) is 9.75. The van der Waals surface area contributed by atoms with E-state index in [1.807, 2.05) is 17.0 Å². The van der Waals surface area contributed by atoms with E-state index in [1.54, 1.807) is 0 Å². The topological polar surface area (TPSA) is 41.6 Å². The molecule has 0 aliphatic carbocycles. The van der Waals surface area contributed by atoms with E-state index >= 15 is 0 Å². The quantitative estimate of drug-likeness (QED) is 0.919. The molecule has 1 N–H and O–H groups in total. The molecule has 1 amide bonds. The smallest absolute Gasteiger partial charge is 0.410 e. The van der Waals surface area contributed by atoms with E-state index in [4.69, 9.17) is 4.74 Å². The zero-order valence-corrected chi connectivity index (χ0v) is 12.0. The summed E-state index contributed by atoms with van der Waals surface area (Å²) in [5, 5.41) is 3.43. The summed E-state index contributed by atoms with van der Waals surface area (Å²) >= 11 is 0. The number of carbonyl (C=O) groups is 1. The van der Waals surface area contributed by atoms with Crippen LogP contribution >= 0.6 is 0 Å². The highest BCUT2D eigenvalue weighted by Crippen LogP contribution is 2.27. The Morgan fingerprint density at radius 1 is 1.40 bits per heavy atom. The molecule has 2 saturated heterocycles. The van der Waals surface area contributed by atoms with Gasteiger partial charge < -0.3 is 10.1 Å². The van der Waals surface area contributed by atoms with E-state index in [0.717, 1.165) is 13.1 Å². The minimum atomic E-state index is -0.163. The highest BCUT2D eigenvalue weighted by atomic mass is 16.6. The molecule has 2 unspecified atom stereocenters. The first-order valence-corrected chi connectivity index (χ1v) is 7.44. The second kappa shape index (κ2) is 5.83. The summed E-state index contributed by atoms with van der Waals surface area (Å²) in [7, 11) is 0. The van der Waals surface area contributed by atoms with E-state index in [2.05, 4.69) is 24.4 Å². The zero-order valence-electron chi connectivity index (χ0n) is 12.0. The summed E-state index contributed by atoms with van der Waals surface area (Å²) in [6, 6.07) is 8.46. The number of hydrogen-bond donors (Lipinski definition) is 1. The average molecular weight is 274 g/mol. The van der Waals surface area contributed by atoms with Crippen LogP contribution in [0.4, 0.5) is 4.79 Å². The molecule has 0 aromatic heterocycles. The van der Waals surface area contributed by atoms with Gasteiger partial charge in [-0.3, -0.25) is 4.90 Å². The van der Waals surface area contributed by atoms with Crippen molar-refractivity contribution in [1.29, 1.82) is 0 Å². The summed E-state index contributed by atoms with van der Waals surface area (Å²) in [5.74, 6) is 0.513. The van der Waals surface area contributed by atoms with E-state index in [0.29, 0.717) is 19.1 Å². The van der Waals surface area contributed by atoms with Crippen molar-refractivity contribution >= 4 is 6.09 Å². The van der Waals surface area contributed by atoms with E-state index in [-0.39, 0.29) is 12.1 Å². The fourth-order valence-corrected chi connectivity index (χ4v) is 3.22. The number of nitrogens with one attached hydrogen (secondary N) is 1. The lowest BCUT2D eigenvalue weighted by atomic mass is 9.91. The summed E-state index contributed by atoms with van der Waals surface area (Å²) in [6.45, 7) is 5.37. The second-order valence-corrected chi connectivity index (χ2v) is 5.81. The molecule has 2 heterocycles. The first kappa shape index (κ1) is 13.4. The van der Waals surface area contributed by atoms with E-state index in [1.165, 1.54) is 24.0 Å². The number of aryl methyl sites for hydroxylation is 1. The monoisotopic (exact) mass is 274 g/mol. The van der Waals surface area contributed by atoms with Gasteiger partial charge in [-0.15, -0.1) is 0 Å². The molecule has 4 nitrogen and oxygen atoms in total. The van der Waals surface area contributed by atoms with Crippen LogP contribution in [0.15, 0.2) is 24.3 Å². The van der Waals surface area contributed by atoms with Crippen molar-refractivity contribution in [3.05, 3.63) is 35.4 Å². The molecule has 0 radical (unpaired) electrons. The van der Waals surface area contributed by atoms with Gasteiger partial charge in [-0.1, -0.05) is 24.3 Å². The zero-order chi connectivity index (χ0) is 13.9. The van der Waals surface area contributed by atoms with Crippen molar-refractivity contribution in [3.8, 4) is 0 Å². The van der Waals surface area contributed by atoms with Gasteiger partial charge in [0.1, 0.15) is 6.61 Å². The van der Waals surface area contributed by atoms with Gasteiger partial charge >= 0.3 is 6.09 Å². The lowest BCUT2D eigenvalue weighted by Crippen LogP contribution is -2.45. The van der Waals surface area contributed by atoms with Gasteiger partial charge in [-0.05, 0) is 43.4 Å².